The van der Waals surface area contributed by atoms with E-state index in [0.29, 0.717) is 31.4 Å². The van der Waals surface area contributed by atoms with Gasteiger partial charge >= 0.3 is 0 Å². The second-order valence-electron chi connectivity index (χ2n) is 6.48. The summed E-state index contributed by atoms with van der Waals surface area (Å²) in [5, 5.41) is 8.17. The van der Waals surface area contributed by atoms with Crippen molar-refractivity contribution in [3.8, 4) is 0 Å². The molecule has 1 aromatic heterocycles. The standard InChI is InChI=1S/C17H23N3O4S/c1-12-6-4-5-7-14(12)13(2)10-16-18-19-17(24-16)15-11-20(8-9-23-15)25(3,21)22/h4-7,13,15H,8-11H2,1-3H3/t13-,15-/m0/s1. The molecule has 1 saturated heterocycles. The third-order valence-corrected chi connectivity index (χ3v) is 5.73. The molecule has 8 heteroatoms. The molecule has 2 aromatic rings. The van der Waals surface area contributed by atoms with Crippen molar-refractivity contribution in [1.29, 1.82) is 0 Å². The topological polar surface area (TPSA) is 85.5 Å². The fourth-order valence-electron chi connectivity index (χ4n) is 3.07. The number of aryl methyl sites for hydroxylation is 1. The molecule has 7 nitrogen and oxygen atoms in total. The summed E-state index contributed by atoms with van der Waals surface area (Å²) < 4.78 is 36.1. The summed E-state index contributed by atoms with van der Waals surface area (Å²) in [6.45, 7) is 5.07. The van der Waals surface area contributed by atoms with E-state index in [1.807, 2.05) is 12.1 Å². The van der Waals surface area contributed by atoms with Gasteiger partial charge in [-0.25, -0.2) is 8.42 Å². The first-order valence-electron chi connectivity index (χ1n) is 8.29. The Labute approximate surface area is 148 Å². The smallest absolute Gasteiger partial charge is 0.246 e. The van der Waals surface area contributed by atoms with E-state index >= 15 is 0 Å². The molecule has 0 N–H and O–H groups in total. The van der Waals surface area contributed by atoms with Crippen LogP contribution in [0, 0.1) is 6.92 Å². The first-order chi connectivity index (χ1) is 11.8. The molecule has 0 bridgehead atoms. The Hall–Kier alpha value is -1.77. The van der Waals surface area contributed by atoms with Crippen molar-refractivity contribution in [2.45, 2.75) is 32.3 Å². The van der Waals surface area contributed by atoms with Crippen LogP contribution in [0.4, 0.5) is 0 Å². The van der Waals surface area contributed by atoms with E-state index < -0.39 is 16.1 Å². The molecule has 1 aliphatic rings. The minimum Gasteiger partial charge on any atom is -0.422 e. The molecule has 0 amide bonds. The SMILES string of the molecule is Cc1ccccc1[C@@H](C)Cc1nnc([C@@H]2CN(S(C)(=O)=O)CCO2)o1. The largest absolute Gasteiger partial charge is 0.422 e. The van der Waals surface area contributed by atoms with Gasteiger partial charge in [0.15, 0.2) is 0 Å². The van der Waals surface area contributed by atoms with Crippen LogP contribution in [-0.4, -0.2) is 48.9 Å². The Morgan fingerprint density at radius 1 is 1.32 bits per heavy atom. The molecule has 0 saturated carbocycles. The monoisotopic (exact) mass is 365 g/mol. The summed E-state index contributed by atoms with van der Waals surface area (Å²) in [5.41, 5.74) is 2.48. The van der Waals surface area contributed by atoms with Crippen LogP contribution in [-0.2, 0) is 21.2 Å². The van der Waals surface area contributed by atoms with E-state index in [-0.39, 0.29) is 12.5 Å². The minimum absolute atomic E-state index is 0.202. The third kappa shape index (κ3) is 4.26. The molecule has 0 aliphatic carbocycles. The zero-order valence-corrected chi connectivity index (χ0v) is 15.5. The van der Waals surface area contributed by atoms with Crippen LogP contribution in [0.2, 0.25) is 0 Å². The van der Waals surface area contributed by atoms with Gasteiger partial charge in [0, 0.05) is 19.5 Å². The number of sulfonamides is 1. The lowest BCUT2D eigenvalue weighted by Crippen LogP contribution is -2.41. The van der Waals surface area contributed by atoms with Crippen molar-refractivity contribution in [3.05, 3.63) is 47.2 Å². The molecule has 0 radical (unpaired) electrons. The van der Waals surface area contributed by atoms with E-state index in [9.17, 15) is 8.42 Å². The molecule has 0 unspecified atom stereocenters. The minimum atomic E-state index is -3.26. The number of nitrogens with zero attached hydrogens (tertiary/aromatic N) is 3. The normalized spacial score (nSPS) is 20.5. The zero-order chi connectivity index (χ0) is 18.0. The average Bonchev–Trinajstić information content (AvgIpc) is 3.03. The van der Waals surface area contributed by atoms with Gasteiger partial charge < -0.3 is 9.15 Å². The summed E-state index contributed by atoms with van der Waals surface area (Å²) in [6.07, 6.45) is 1.30. The van der Waals surface area contributed by atoms with Crippen molar-refractivity contribution in [2.24, 2.45) is 0 Å². The fourth-order valence-corrected chi connectivity index (χ4v) is 3.88. The highest BCUT2D eigenvalue weighted by molar-refractivity contribution is 7.88. The van der Waals surface area contributed by atoms with Crippen molar-refractivity contribution in [2.75, 3.05) is 26.0 Å². The quantitative estimate of drug-likeness (QED) is 0.806. The van der Waals surface area contributed by atoms with Gasteiger partial charge in [0.1, 0.15) is 6.10 Å². The molecule has 1 aliphatic heterocycles. The van der Waals surface area contributed by atoms with Crippen LogP contribution in [0.25, 0.3) is 0 Å². The maximum Gasteiger partial charge on any atom is 0.246 e. The molecule has 136 valence electrons. The van der Waals surface area contributed by atoms with E-state index in [2.05, 4.69) is 36.2 Å². The number of aromatic nitrogens is 2. The Morgan fingerprint density at radius 2 is 2.08 bits per heavy atom. The van der Waals surface area contributed by atoms with Gasteiger partial charge in [0.05, 0.1) is 12.9 Å². The number of ether oxygens (including phenoxy) is 1. The highest BCUT2D eigenvalue weighted by Crippen LogP contribution is 2.26. The van der Waals surface area contributed by atoms with Crippen LogP contribution in [0.3, 0.4) is 0 Å². The Kier molecular flexibility index (Phi) is 5.21. The van der Waals surface area contributed by atoms with Crippen LogP contribution in [0.1, 0.15) is 41.9 Å². The van der Waals surface area contributed by atoms with E-state index in [1.54, 1.807) is 0 Å². The van der Waals surface area contributed by atoms with Crippen molar-refractivity contribution in [3.63, 3.8) is 0 Å². The number of hydrogen-bond donors (Lipinski definition) is 0. The van der Waals surface area contributed by atoms with E-state index in [4.69, 9.17) is 9.15 Å². The van der Waals surface area contributed by atoms with Crippen LogP contribution in [0.15, 0.2) is 28.7 Å². The van der Waals surface area contributed by atoms with Crippen LogP contribution >= 0.6 is 0 Å². The molecule has 2 heterocycles. The lowest BCUT2D eigenvalue weighted by Gasteiger charge is -2.29. The van der Waals surface area contributed by atoms with Crippen molar-refractivity contribution < 1.29 is 17.6 Å². The van der Waals surface area contributed by atoms with Gasteiger partial charge in [-0.1, -0.05) is 31.2 Å². The molecule has 1 aromatic carbocycles. The Balaban J connectivity index is 1.69. The lowest BCUT2D eigenvalue weighted by atomic mass is 9.94. The van der Waals surface area contributed by atoms with E-state index in [0.717, 1.165) is 0 Å². The number of morpholine rings is 1. The predicted octanol–water partition coefficient (Wildman–Crippen LogP) is 2.06. The average molecular weight is 365 g/mol. The molecule has 2 atom stereocenters. The third-order valence-electron chi connectivity index (χ3n) is 4.46. The maximum atomic E-state index is 11.7. The summed E-state index contributed by atoms with van der Waals surface area (Å²) in [6, 6.07) is 8.23. The molecular weight excluding hydrogens is 342 g/mol. The van der Waals surface area contributed by atoms with Crippen molar-refractivity contribution in [1.82, 2.24) is 14.5 Å². The summed E-state index contributed by atoms with van der Waals surface area (Å²) in [5.74, 6) is 1.11. The highest BCUT2D eigenvalue weighted by Gasteiger charge is 2.31. The summed E-state index contributed by atoms with van der Waals surface area (Å²) >= 11 is 0. The first kappa shape index (κ1) is 18.0. The molecular formula is C17H23N3O4S. The van der Waals surface area contributed by atoms with Gasteiger partial charge in [-0.05, 0) is 24.0 Å². The Bertz CT molecular complexity index is 834. The number of hydrogen-bond acceptors (Lipinski definition) is 6. The van der Waals surface area contributed by atoms with Gasteiger partial charge in [-0.15, -0.1) is 10.2 Å². The predicted molar refractivity (Wildman–Crippen MR) is 92.7 cm³/mol. The van der Waals surface area contributed by atoms with Gasteiger partial charge in [0.2, 0.25) is 21.8 Å². The highest BCUT2D eigenvalue weighted by atomic mass is 32.2. The molecule has 0 spiro atoms. The van der Waals surface area contributed by atoms with E-state index in [1.165, 1.54) is 21.7 Å². The molecule has 1 fully saturated rings. The second kappa shape index (κ2) is 7.23. The summed E-state index contributed by atoms with van der Waals surface area (Å²) in [4.78, 5) is 0. The first-order valence-corrected chi connectivity index (χ1v) is 10.1. The zero-order valence-electron chi connectivity index (χ0n) is 14.7. The Morgan fingerprint density at radius 3 is 2.80 bits per heavy atom. The van der Waals surface area contributed by atoms with Crippen LogP contribution in [0.5, 0.6) is 0 Å². The lowest BCUT2D eigenvalue weighted by molar-refractivity contribution is -0.0176. The van der Waals surface area contributed by atoms with Crippen molar-refractivity contribution >= 4 is 10.0 Å². The second-order valence-corrected chi connectivity index (χ2v) is 8.46. The van der Waals surface area contributed by atoms with Gasteiger partial charge in [-0.2, -0.15) is 4.31 Å². The molecule has 3 rings (SSSR count). The number of rotatable bonds is 5. The maximum absolute atomic E-state index is 11.7. The number of benzene rings is 1. The van der Waals surface area contributed by atoms with Crippen LogP contribution < -0.4 is 0 Å². The summed E-state index contributed by atoms with van der Waals surface area (Å²) in [7, 11) is -3.26. The fraction of sp³-hybridized carbons (Fsp3) is 0.529. The van der Waals surface area contributed by atoms with Gasteiger partial charge in [-0.3, -0.25) is 0 Å². The van der Waals surface area contributed by atoms with Gasteiger partial charge in [0.25, 0.3) is 0 Å². The molecule has 25 heavy (non-hydrogen) atoms.